The number of hydrogen-bond donors (Lipinski definition) is 1. The lowest BCUT2D eigenvalue weighted by Crippen LogP contribution is -2.37. The number of aryl methyl sites for hydroxylation is 1. The highest BCUT2D eigenvalue weighted by Crippen LogP contribution is 2.17. The van der Waals surface area contributed by atoms with Crippen LogP contribution in [0.25, 0.3) is 0 Å². The molecule has 0 saturated carbocycles. The number of amides is 2. The fraction of sp³-hybridized carbons (Fsp3) is 0.320. The van der Waals surface area contributed by atoms with E-state index in [2.05, 4.69) is 54.9 Å². The molecule has 0 saturated heterocycles. The maximum atomic E-state index is 13.0. The fourth-order valence-electron chi connectivity index (χ4n) is 3.46. The quantitative estimate of drug-likeness (QED) is 0.444. The van der Waals surface area contributed by atoms with Gasteiger partial charge in [-0.15, -0.1) is 0 Å². The molecular weight excluding hydrogens is 394 g/mol. The number of nitrogens with zero attached hydrogens (tertiary/aromatic N) is 2. The van der Waals surface area contributed by atoms with E-state index < -0.39 is 0 Å². The molecule has 0 spiro atoms. The Bertz CT molecular complexity index is 963. The van der Waals surface area contributed by atoms with Crippen molar-refractivity contribution in [3.05, 3.63) is 88.7 Å². The van der Waals surface area contributed by atoms with E-state index >= 15 is 0 Å². The third-order valence-electron chi connectivity index (χ3n) is 5.00. The van der Waals surface area contributed by atoms with Gasteiger partial charge in [0.1, 0.15) is 0 Å². The summed E-state index contributed by atoms with van der Waals surface area (Å²) in [7, 11) is 0. The summed E-state index contributed by atoms with van der Waals surface area (Å²) in [6.07, 6.45) is 3.03. The predicted molar refractivity (Wildman–Crippen MR) is 125 cm³/mol. The lowest BCUT2D eigenvalue weighted by atomic mass is 10.1. The number of aromatic nitrogens is 1. The highest BCUT2D eigenvalue weighted by atomic mass is 35.5. The van der Waals surface area contributed by atoms with Gasteiger partial charge in [0.05, 0.1) is 6.54 Å². The van der Waals surface area contributed by atoms with E-state index in [0.29, 0.717) is 19.0 Å². The number of nitrogens with one attached hydrogen (secondary N) is 1. The number of rotatable bonds is 8. The summed E-state index contributed by atoms with van der Waals surface area (Å²) in [5.41, 5.74) is 4.30. The topological polar surface area (TPSA) is 37.3 Å². The third-order valence-corrected chi connectivity index (χ3v) is 5.24. The van der Waals surface area contributed by atoms with Gasteiger partial charge in [-0.3, -0.25) is 0 Å². The SMILES string of the molecule is CCc1ccc(NC(=O)N(Cc2cccn2Cc2cccc(Cl)c2)CC(C)C)cc1. The predicted octanol–water partition coefficient (Wildman–Crippen LogP) is 6.44. The first-order valence-corrected chi connectivity index (χ1v) is 10.9. The normalized spacial score (nSPS) is 11.0. The molecular formula is C25H30ClN3O. The Morgan fingerprint density at radius 1 is 1.07 bits per heavy atom. The molecule has 1 N–H and O–H groups in total. The van der Waals surface area contributed by atoms with Crippen molar-refractivity contribution >= 4 is 23.3 Å². The minimum absolute atomic E-state index is 0.0801. The molecule has 0 aliphatic heterocycles. The second kappa shape index (κ2) is 10.4. The first-order valence-electron chi connectivity index (χ1n) is 10.5. The molecule has 158 valence electrons. The van der Waals surface area contributed by atoms with Gasteiger partial charge in [0, 0.05) is 35.7 Å². The Labute approximate surface area is 184 Å². The molecule has 0 bridgehead atoms. The lowest BCUT2D eigenvalue weighted by Gasteiger charge is -2.26. The van der Waals surface area contributed by atoms with Crippen molar-refractivity contribution in [3.8, 4) is 0 Å². The zero-order chi connectivity index (χ0) is 21.5. The van der Waals surface area contributed by atoms with E-state index in [1.54, 1.807) is 0 Å². The number of anilines is 1. The maximum Gasteiger partial charge on any atom is 0.322 e. The van der Waals surface area contributed by atoms with Crippen molar-refractivity contribution in [2.45, 2.75) is 40.3 Å². The fourth-order valence-corrected chi connectivity index (χ4v) is 3.67. The van der Waals surface area contributed by atoms with E-state index in [0.717, 1.165) is 34.9 Å². The maximum absolute atomic E-state index is 13.0. The van der Waals surface area contributed by atoms with Gasteiger partial charge in [-0.1, -0.05) is 56.6 Å². The highest BCUT2D eigenvalue weighted by molar-refractivity contribution is 6.30. The largest absolute Gasteiger partial charge is 0.345 e. The molecule has 0 aliphatic rings. The minimum atomic E-state index is -0.0801. The number of carbonyl (C=O) groups excluding carboxylic acids is 1. The number of halogens is 1. The molecule has 0 unspecified atom stereocenters. The second-order valence-corrected chi connectivity index (χ2v) is 8.45. The Kier molecular flexibility index (Phi) is 7.58. The van der Waals surface area contributed by atoms with Crippen molar-refractivity contribution in [1.29, 1.82) is 0 Å². The minimum Gasteiger partial charge on any atom is -0.345 e. The Morgan fingerprint density at radius 2 is 1.83 bits per heavy atom. The summed E-state index contributed by atoms with van der Waals surface area (Å²) in [5, 5.41) is 3.78. The third kappa shape index (κ3) is 6.14. The number of urea groups is 1. The summed E-state index contributed by atoms with van der Waals surface area (Å²) >= 11 is 6.13. The van der Waals surface area contributed by atoms with Crippen molar-refractivity contribution < 1.29 is 4.79 Å². The van der Waals surface area contributed by atoms with Crippen LogP contribution in [0.5, 0.6) is 0 Å². The molecule has 0 atom stereocenters. The van der Waals surface area contributed by atoms with Crippen LogP contribution in [0.3, 0.4) is 0 Å². The monoisotopic (exact) mass is 423 g/mol. The van der Waals surface area contributed by atoms with Crippen LogP contribution in [0.1, 0.15) is 37.6 Å². The molecule has 4 nitrogen and oxygen atoms in total. The van der Waals surface area contributed by atoms with E-state index in [4.69, 9.17) is 11.6 Å². The van der Waals surface area contributed by atoms with Crippen LogP contribution in [0.4, 0.5) is 10.5 Å². The summed E-state index contributed by atoms with van der Waals surface area (Å²) in [6.45, 7) is 8.32. The van der Waals surface area contributed by atoms with Gasteiger partial charge in [-0.25, -0.2) is 4.79 Å². The summed E-state index contributed by atoms with van der Waals surface area (Å²) < 4.78 is 2.17. The van der Waals surface area contributed by atoms with Crippen LogP contribution in [0.15, 0.2) is 66.9 Å². The van der Waals surface area contributed by atoms with Gasteiger partial charge in [0.2, 0.25) is 0 Å². The van der Waals surface area contributed by atoms with E-state index in [9.17, 15) is 4.79 Å². The van der Waals surface area contributed by atoms with Crippen LogP contribution in [0.2, 0.25) is 5.02 Å². The lowest BCUT2D eigenvalue weighted by molar-refractivity contribution is 0.200. The van der Waals surface area contributed by atoms with Gasteiger partial charge in [0.15, 0.2) is 0 Å². The van der Waals surface area contributed by atoms with Crippen LogP contribution in [-0.2, 0) is 19.5 Å². The molecule has 30 heavy (non-hydrogen) atoms. The number of hydrogen-bond acceptors (Lipinski definition) is 1. The second-order valence-electron chi connectivity index (χ2n) is 8.01. The average molecular weight is 424 g/mol. The van der Waals surface area contributed by atoms with Crippen LogP contribution in [-0.4, -0.2) is 22.0 Å². The van der Waals surface area contributed by atoms with Crippen LogP contribution in [0, 0.1) is 5.92 Å². The smallest absolute Gasteiger partial charge is 0.322 e. The van der Waals surface area contributed by atoms with Gasteiger partial charge < -0.3 is 14.8 Å². The van der Waals surface area contributed by atoms with E-state index in [-0.39, 0.29) is 6.03 Å². The summed E-state index contributed by atoms with van der Waals surface area (Å²) in [4.78, 5) is 14.9. The van der Waals surface area contributed by atoms with E-state index in [1.807, 2.05) is 47.5 Å². The van der Waals surface area contributed by atoms with Crippen molar-refractivity contribution in [3.63, 3.8) is 0 Å². The molecule has 3 aromatic rings. The standard InChI is InChI=1S/C25H30ClN3O/c1-4-20-10-12-23(13-11-20)27-25(30)29(16-19(2)3)18-24-9-6-14-28(24)17-21-7-5-8-22(26)15-21/h5-15,19H,4,16-18H2,1-3H3,(H,27,30). The molecule has 0 radical (unpaired) electrons. The Morgan fingerprint density at radius 3 is 2.50 bits per heavy atom. The zero-order valence-electron chi connectivity index (χ0n) is 17.9. The summed E-state index contributed by atoms with van der Waals surface area (Å²) in [5.74, 6) is 0.370. The zero-order valence-corrected chi connectivity index (χ0v) is 18.7. The van der Waals surface area contributed by atoms with Gasteiger partial charge in [-0.05, 0) is 59.9 Å². The molecule has 2 aromatic carbocycles. The number of benzene rings is 2. The summed E-state index contributed by atoms with van der Waals surface area (Å²) in [6, 6.07) is 19.9. The highest BCUT2D eigenvalue weighted by Gasteiger charge is 2.17. The van der Waals surface area contributed by atoms with Crippen molar-refractivity contribution in [1.82, 2.24) is 9.47 Å². The Balaban J connectivity index is 1.73. The molecule has 5 heteroatoms. The van der Waals surface area contributed by atoms with Crippen molar-refractivity contribution in [2.75, 3.05) is 11.9 Å². The Hall–Kier alpha value is -2.72. The molecule has 2 amide bonds. The molecule has 0 fully saturated rings. The van der Waals surface area contributed by atoms with Crippen LogP contribution < -0.4 is 5.32 Å². The first-order chi connectivity index (χ1) is 14.4. The van der Waals surface area contributed by atoms with Gasteiger partial charge in [-0.2, -0.15) is 0 Å². The number of carbonyl (C=O) groups is 1. The van der Waals surface area contributed by atoms with Crippen molar-refractivity contribution in [2.24, 2.45) is 5.92 Å². The molecule has 0 aliphatic carbocycles. The van der Waals surface area contributed by atoms with E-state index in [1.165, 1.54) is 5.56 Å². The average Bonchev–Trinajstić information content (AvgIpc) is 3.14. The van der Waals surface area contributed by atoms with Gasteiger partial charge >= 0.3 is 6.03 Å². The molecule has 3 rings (SSSR count). The molecule has 1 heterocycles. The molecule has 1 aromatic heterocycles. The van der Waals surface area contributed by atoms with Gasteiger partial charge in [0.25, 0.3) is 0 Å². The first kappa shape index (κ1) is 22.0. The van der Waals surface area contributed by atoms with Crippen LogP contribution >= 0.6 is 11.6 Å².